The van der Waals surface area contributed by atoms with E-state index in [2.05, 4.69) is 60.0 Å². The third-order valence-corrected chi connectivity index (χ3v) is 5.59. The number of rotatable bonds is 8. The molecule has 1 fully saturated rings. The zero-order valence-electron chi connectivity index (χ0n) is 17.9. The van der Waals surface area contributed by atoms with Crippen LogP contribution in [-0.4, -0.2) is 66.5 Å². The molecule has 3 rings (SSSR count). The summed E-state index contributed by atoms with van der Waals surface area (Å²) < 4.78 is 5.22. The van der Waals surface area contributed by atoms with Gasteiger partial charge in [-0.3, -0.25) is 14.6 Å². The summed E-state index contributed by atoms with van der Waals surface area (Å²) in [5.41, 5.74) is 2.53. The smallest absolute Gasteiger partial charge is 0.236 e. The van der Waals surface area contributed by atoms with Crippen LogP contribution in [0.1, 0.15) is 25.0 Å². The third kappa shape index (κ3) is 6.31. The Kier molecular flexibility index (Phi) is 7.67. The quantitative estimate of drug-likeness (QED) is 0.687. The fourth-order valence-electron chi connectivity index (χ4n) is 3.66. The molecule has 5 nitrogen and oxygen atoms in total. The summed E-state index contributed by atoms with van der Waals surface area (Å²) in [6, 6.07) is 18.9. The lowest BCUT2D eigenvalue weighted by atomic mass is 10.1. The number of carbonyl (C=O) groups excluding carboxylic acids is 1. The highest BCUT2D eigenvalue weighted by atomic mass is 16.5. The van der Waals surface area contributed by atoms with Crippen molar-refractivity contribution < 1.29 is 9.53 Å². The van der Waals surface area contributed by atoms with Crippen molar-refractivity contribution in [3.05, 3.63) is 65.7 Å². The Morgan fingerprint density at radius 3 is 2.21 bits per heavy atom. The van der Waals surface area contributed by atoms with E-state index in [1.807, 2.05) is 23.1 Å². The van der Waals surface area contributed by atoms with Crippen molar-refractivity contribution in [3.8, 4) is 5.75 Å². The van der Waals surface area contributed by atoms with Gasteiger partial charge in [-0.05, 0) is 37.1 Å². The monoisotopic (exact) mass is 395 g/mol. The van der Waals surface area contributed by atoms with Gasteiger partial charge in [-0.15, -0.1) is 0 Å². The first-order valence-corrected chi connectivity index (χ1v) is 10.5. The molecule has 0 atom stereocenters. The maximum atomic E-state index is 12.9. The van der Waals surface area contributed by atoms with Crippen LogP contribution in [0, 0.1) is 0 Å². The Morgan fingerprint density at radius 1 is 0.966 bits per heavy atom. The summed E-state index contributed by atoms with van der Waals surface area (Å²) in [6.07, 6.45) is 0. The van der Waals surface area contributed by atoms with Crippen LogP contribution in [0.25, 0.3) is 0 Å². The highest BCUT2D eigenvalue weighted by molar-refractivity contribution is 5.78. The van der Waals surface area contributed by atoms with E-state index >= 15 is 0 Å². The number of hydrogen-bond acceptors (Lipinski definition) is 4. The lowest BCUT2D eigenvalue weighted by Crippen LogP contribution is -2.51. The highest BCUT2D eigenvalue weighted by Crippen LogP contribution is 2.15. The van der Waals surface area contributed by atoms with E-state index in [-0.39, 0.29) is 5.91 Å². The number of hydrogen-bond donors (Lipinski definition) is 0. The first kappa shape index (κ1) is 21.3. The Hall–Kier alpha value is -2.37. The first-order chi connectivity index (χ1) is 14.0. The molecule has 1 saturated heterocycles. The molecule has 2 aromatic carbocycles. The summed E-state index contributed by atoms with van der Waals surface area (Å²) in [5.74, 6) is 1.12. The van der Waals surface area contributed by atoms with Gasteiger partial charge in [0.05, 0.1) is 13.7 Å². The summed E-state index contributed by atoms with van der Waals surface area (Å²) >= 11 is 0. The molecule has 1 aliphatic rings. The van der Waals surface area contributed by atoms with Crippen LogP contribution in [-0.2, 0) is 17.9 Å². The van der Waals surface area contributed by atoms with E-state index in [4.69, 9.17) is 4.74 Å². The van der Waals surface area contributed by atoms with Crippen molar-refractivity contribution in [2.24, 2.45) is 0 Å². The SMILES string of the molecule is COc1ccc(CN2CCN(C(=O)CN(Cc3ccccc3)C(C)C)CC2)cc1. The molecule has 156 valence electrons. The molecule has 0 unspecified atom stereocenters. The fraction of sp³-hybridized carbons (Fsp3) is 0.458. The molecule has 0 aliphatic carbocycles. The Bertz CT molecular complexity index is 753. The van der Waals surface area contributed by atoms with Gasteiger partial charge in [0.25, 0.3) is 0 Å². The van der Waals surface area contributed by atoms with E-state index in [9.17, 15) is 4.79 Å². The third-order valence-electron chi connectivity index (χ3n) is 5.59. The average Bonchev–Trinajstić information content (AvgIpc) is 2.75. The second kappa shape index (κ2) is 10.4. The van der Waals surface area contributed by atoms with Crippen molar-refractivity contribution in [3.63, 3.8) is 0 Å². The molecule has 0 bridgehead atoms. The maximum Gasteiger partial charge on any atom is 0.236 e. The summed E-state index contributed by atoms with van der Waals surface area (Å²) in [6.45, 7) is 9.94. The molecule has 0 radical (unpaired) electrons. The van der Waals surface area contributed by atoms with Crippen LogP contribution in [0.4, 0.5) is 0 Å². The van der Waals surface area contributed by atoms with Gasteiger partial charge in [0.2, 0.25) is 5.91 Å². The standard InChI is InChI=1S/C24H33N3O2/c1-20(2)27(18-21-7-5-4-6-8-21)19-24(28)26-15-13-25(14-16-26)17-22-9-11-23(29-3)12-10-22/h4-12,20H,13-19H2,1-3H3. The summed E-state index contributed by atoms with van der Waals surface area (Å²) in [4.78, 5) is 19.6. The van der Waals surface area contributed by atoms with Crippen molar-refractivity contribution in [1.82, 2.24) is 14.7 Å². The van der Waals surface area contributed by atoms with Gasteiger partial charge in [0, 0.05) is 45.3 Å². The van der Waals surface area contributed by atoms with Gasteiger partial charge < -0.3 is 9.64 Å². The van der Waals surface area contributed by atoms with Gasteiger partial charge in [0.1, 0.15) is 5.75 Å². The van der Waals surface area contributed by atoms with Crippen LogP contribution in [0.3, 0.4) is 0 Å². The number of amides is 1. The Morgan fingerprint density at radius 2 is 1.62 bits per heavy atom. The highest BCUT2D eigenvalue weighted by Gasteiger charge is 2.23. The predicted molar refractivity (Wildman–Crippen MR) is 117 cm³/mol. The van der Waals surface area contributed by atoms with Gasteiger partial charge in [-0.1, -0.05) is 42.5 Å². The van der Waals surface area contributed by atoms with Gasteiger partial charge >= 0.3 is 0 Å². The van der Waals surface area contributed by atoms with Crippen LogP contribution < -0.4 is 4.74 Å². The zero-order chi connectivity index (χ0) is 20.6. The van der Waals surface area contributed by atoms with E-state index < -0.39 is 0 Å². The molecule has 1 amide bonds. The van der Waals surface area contributed by atoms with E-state index in [1.165, 1.54) is 11.1 Å². The second-order valence-electron chi connectivity index (χ2n) is 7.99. The Labute approximate surface area is 174 Å². The van der Waals surface area contributed by atoms with Crippen molar-refractivity contribution in [2.75, 3.05) is 39.8 Å². The van der Waals surface area contributed by atoms with Crippen LogP contribution >= 0.6 is 0 Å². The van der Waals surface area contributed by atoms with Gasteiger partial charge in [-0.25, -0.2) is 0 Å². The topological polar surface area (TPSA) is 36.0 Å². The molecule has 2 aromatic rings. The minimum atomic E-state index is 0.235. The number of ether oxygens (including phenoxy) is 1. The lowest BCUT2D eigenvalue weighted by Gasteiger charge is -2.36. The largest absolute Gasteiger partial charge is 0.497 e. The predicted octanol–water partition coefficient (Wildman–Crippen LogP) is 3.25. The van der Waals surface area contributed by atoms with Crippen molar-refractivity contribution in [2.45, 2.75) is 33.0 Å². The molecular formula is C24H33N3O2. The van der Waals surface area contributed by atoms with Crippen LogP contribution in [0.5, 0.6) is 5.75 Å². The zero-order valence-corrected chi connectivity index (χ0v) is 17.9. The minimum absolute atomic E-state index is 0.235. The fourth-order valence-corrected chi connectivity index (χ4v) is 3.66. The normalized spacial score (nSPS) is 15.1. The van der Waals surface area contributed by atoms with Crippen molar-refractivity contribution in [1.29, 1.82) is 0 Å². The molecule has 29 heavy (non-hydrogen) atoms. The van der Waals surface area contributed by atoms with Crippen LogP contribution in [0.15, 0.2) is 54.6 Å². The number of piperazine rings is 1. The van der Waals surface area contributed by atoms with E-state index in [0.29, 0.717) is 12.6 Å². The molecule has 1 heterocycles. The number of nitrogens with zero attached hydrogens (tertiary/aromatic N) is 3. The molecule has 1 aliphatic heterocycles. The number of benzene rings is 2. The maximum absolute atomic E-state index is 12.9. The van der Waals surface area contributed by atoms with Gasteiger partial charge in [-0.2, -0.15) is 0 Å². The molecule has 5 heteroatoms. The van der Waals surface area contributed by atoms with Gasteiger partial charge in [0.15, 0.2) is 0 Å². The molecular weight excluding hydrogens is 362 g/mol. The van der Waals surface area contributed by atoms with E-state index in [1.54, 1.807) is 7.11 Å². The van der Waals surface area contributed by atoms with Crippen LogP contribution in [0.2, 0.25) is 0 Å². The molecule has 0 aromatic heterocycles. The summed E-state index contributed by atoms with van der Waals surface area (Å²) in [5, 5.41) is 0. The van der Waals surface area contributed by atoms with Crippen molar-refractivity contribution >= 4 is 5.91 Å². The molecule has 0 saturated carbocycles. The number of carbonyl (C=O) groups is 1. The minimum Gasteiger partial charge on any atom is -0.497 e. The lowest BCUT2D eigenvalue weighted by molar-refractivity contribution is -0.134. The molecule has 0 N–H and O–H groups in total. The first-order valence-electron chi connectivity index (χ1n) is 10.5. The second-order valence-corrected chi connectivity index (χ2v) is 7.99. The number of methoxy groups -OCH3 is 1. The van der Waals surface area contributed by atoms with E-state index in [0.717, 1.165) is 45.0 Å². The average molecular weight is 396 g/mol. The molecule has 0 spiro atoms. The summed E-state index contributed by atoms with van der Waals surface area (Å²) in [7, 11) is 1.69. The Balaban J connectivity index is 1.48.